The molecular weight excluding hydrogens is 470 g/mol. The number of fused-ring (bicyclic) bond motifs is 3. The van der Waals surface area contributed by atoms with Crippen molar-refractivity contribution < 1.29 is 19.4 Å². The van der Waals surface area contributed by atoms with Gasteiger partial charge in [-0.15, -0.1) is 23.1 Å². The minimum atomic E-state index is -1.17. The predicted molar refractivity (Wildman–Crippen MR) is 136 cm³/mol. The number of thiophene rings is 1. The van der Waals surface area contributed by atoms with E-state index in [0.29, 0.717) is 13.2 Å². The zero-order chi connectivity index (χ0) is 24.0. The highest BCUT2D eigenvalue weighted by Gasteiger charge is 2.35. The third kappa shape index (κ3) is 4.19. The third-order valence-electron chi connectivity index (χ3n) is 6.24. The average molecular weight is 498 g/mol. The zero-order valence-electron chi connectivity index (χ0n) is 19.4. The number of aromatic carboxylic acids is 1. The van der Waals surface area contributed by atoms with Crippen LogP contribution in [0.25, 0.3) is 21.7 Å². The summed E-state index contributed by atoms with van der Waals surface area (Å²) in [5, 5.41) is 9.70. The molecule has 3 aromatic rings. The van der Waals surface area contributed by atoms with Crippen LogP contribution in [0.1, 0.15) is 58.3 Å². The van der Waals surface area contributed by atoms with Gasteiger partial charge in [-0.05, 0) is 62.6 Å². The Labute approximate surface area is 206 Å². The first-order valence-corrected chi connectivity index (χ1v) is 13.1. The second-order valence-electron chi connectivity index (χ2n) is 8.78. The first-order valence-electron chi connectivity index (χ1n) is 11.5. The second-order valence-corrected chi connectivity index (χ2v) is 11.5. The van der Waals surface area contributed by atoms with Crippen molar-refractivity contribution in [3.05, 3.63) is 56.7 Å². The van der Waals surface area contributed by atoms with Crippen molar-refractivity contribution in [2.45, 2.75) is 49.3 Å². The van der Waals surface area contributed by atoms with Crippen LogP contribution in [0.15, 0.2) is 40.0 Å². The molecule has 1 saturated carbocycles. The number of ether oxygens (including phenoxy) is 2. The summed E-state index contributed by atoms with van der Waals surface area (Å²) >= 11 is 3.38. The van der Waals surface area contributed by atoms with E-state index in [0.717, 1.165) is 57.2 Å². The number of carboxylic acids is 1. The zero-order valence-corrected chi connectivity index (χ0v) is 21.1. The van der Waals surface area contributed by atoms with Crippen molar-refractivity contribution in [1.82, 2.24) is 4.57 Å². The number of aromatic nitrogens is 1. The number of carbonyl (C=O) groups is 1. The first-order chi connectivity index (χ1) is 16.4. The summed E-state index contributed by atoms with van der Waals surface area (Å²) in [7, 11) is 1.68. The van der Waals surface area contributed by atoms with E-state index < -0.39 is 11.5 Å². The smallest absolute Gasteiger partial charge is 0.341 e. The Morgan fingerprint density at radius 3 is 2.62 bits per heavy atom. The van der Waals surface area contributed by atoms with Crippen molar-refractivity contribution in [2.24, 2.45) is 0 Å². The van der Waals surface area contributed by atoms with Crippen LogP contribution in [0, 0.1) is 6.92 Å². The second kappa shape index (κ2) is 9.24. The molecule has 0 amide bonds. The molecule has 0 saturated heterocycles. The number of aryl methyl sites for hydroxylation is 1. The molecule has 1 atom stereocenters. The molecule has 0 radical (unpaired) electrons. The monoisotopic (exact) mass is 497 g/mol. The number of benzene rings is 1. The molecule has 1 aromatic carbocycles. The summed E-state index contributed by atoms with van der Waals surface area (Å²) in [5.74, 6) is -0.345. The van der Waals surface area contributed by atoms with Crippen molar-refractivity contribution in [3.63, 3.8) is 0 Å². The van der Waals surface area contributed by atoms with Crippen LogP contribution in [-0.2, 0) is 4.74 Å². The number of methoxy groups -OCH3 is 1. The third-order valence-corrected chi connectivity index (χ3v) is 8.47. The standard InChI is InChI=1S/C26H27NO5S2/c1-14-5-8-22(33-14)18-12-19-23(13-21(18)32-10-4-9-31-3)34-15(2)17-11-20(26(29)30)25(28)27(24(17)19)16-6-7-16/h5,8,11-13,15-16H,4,6-7,9-10H2,1-3H3,(H,29,30). The van der Waals surface area contributed by atoms with Gasteiger partial charge in [0.15, 0.2) is 0 Å². The average Bonchev–Trinajstić information content (AvgIpc) is 3.55. The Bertz CT molecular complexity index is 1320. The fourth-order valence-corrected chi connectivity index (χ4v) is 6.49. The minimum Gasteiger partial charge on any atom is -0.493 e. The van der Waals surface area contributed by atoms with Gasteiger partial charge in [-0.1, -0.05) is 0 Å². The van der Waals surface area contributed by atoms with Crippen molar-refractivity contribution >= 4 is 29.1 Å². The molecule has 6 nitrogen and oxygen atoms in total. The van der Waals surface area contributed by atoms with E-state index in [-0.39, 0.29) is 16.9 Å². The molecule has 34 heavy (non-hydrogen) atoms. The maximum Gasteiger partial charge on any atom is 0.341 e. The van der Waals surface area contributed by atoms with Crippen LogP contribution in [0.4, 0.5) is 0 Å². The van der Waals surface area contributed by atoms with Gasteiger partial charge in [-0.2, -0.15) is 0 Å². The van der Waals surface area contributed by atoms with Gasteiger partial charge in [0.2, 0.25) is 0 Å². The lowest BCUT2D eigenvalue weighted by molar-refractivity contribution is 0.0694. The fourth-order valence-electron chi connectivity index (χ4n) is 4.46. The van der Waals surface area contributed by atoms with E-state index in [4.69, 9.17) is 9.47 Å². The van der Waals surface area contributed by atoms with Crippen molar-refractivity contribution in [2.75, 3.05) is 20.3 Å². The van der Waals surface area contributed by atoms with E-state index in [1.165, 1.54) is 4.88 Å². The van der Waals surface area contributed by atoms with E-state index >= 15 is 0 Å². The Morgan fingerprint density at radius 1 is 1.18 bits per heavy atom. The number of hydrogen-bond donors (Lipinski definition) is 1. The van der Waals surface area contributed by atoms with Crippen LogP contribution in [0.3, 0.4) is 0 Å². The summed E-state index contributed by atoms with van der Waals surface area (Å²) in [6, 6.07) is 10.1. The van der Waals surface area contributed by atoms with Crippen molar-refractivity contribution in [3.8, 4) is 27.4 Å². The van der Waals surface area contributed by atoms with E-state index in [1.54, 1.807) is 40.8 Å². The van der Waals surface area contributed by atoms with Gasteiger partial charge in [0.25, 0.3) is 5.56 Å². The lowest BCUT2D eigenvalue weighted by Crippen LogP contribution is -2.29. The van der Waals surface area contributed by atoms with Crippen LogP contribution in [0.5, 0.6) is 5.75 Å². The largest absolute Gasteiger partial charge is 0.493 e. The van der Waals surface area contributed by atoms with Crippen LogP contribution < -0.4 is 10.3 Å². The highest BCUT2D eigenvalue weighted by atomic mass is 32.2. The van der Waals surface area contributed by atoms with E-state index in [1.807, 2.05) is 0 Å². The maximum absolute atomic E-state index is 13.2. The van der Waals surface area contributed by atoms with Gasteiger partial charge in [0.1, 0.15) is 11.3 Å². The molecule has 8 heteroatoms. The number of thioether (sulfide) groups is 1. The summed E-state index contributed by atoms with van der Waals surface area (Å²) in [5.41, 5.74) is 3.18. The van der Waals surface area contributed by atoms with Crippen LogP contribution in [0.2, 0.25) is 0 Å². The number of rotatable bonds is 8. The Hall–Kier alpha value is -2.55. The SMILES string of the molecule is COCCCOc1cc2c(cc1-c1ccc(C)s1)-c1c(cc(C(=O)O)c(=O)n1C1CC1)C(C)S2. The van der Waals surface area contributed by atoms with Crippen LogP contribution in [-0.4, -0.2) is 36.0 Å². The summed E-state index contributed by atoms with van der Waals surface area (Å²) in [6.07, 6.45) is 2.58. The van der Waals surface area contributed by atoms with E-state index in [2.05, 4.69) is 38.1 Å². The molecule has 1 unspecified atom stereocenters. The summed E-state index contributed by atoms with van der Waals surface area (Å²) < 4.78 is 13.1. The Morgan fingerprint density at radius 2 is 1.97 bits per heavy atom. The molecule has 0 bridgehead atoms. The lowest BCUT2D eigenvalue weighted by atomic mass is 9.97. The number of nitrogens with zero attached hydrogens (tertiary/aromatic N) is 1. The number of pyridine rings is 1. The van der Waals surface area contributed by atoms with Gasteiger partial charge >= 0.3 is 5.97 Å². The lowest BCUT2D eigenvalue weighted by Gasteiger charge is -2.29. The van der Waals surface area contributed by atoms with E-state index in [9.17, 15) is 14.7 Å². The molecule has 1 N–H and O–H groups in total. The summed E-state index contributed by atoms with van der Waals surface area (Å²) in [6.45, 7) is 5.33. The fraction of sp³-hybridized carbons (Fsp3) is 0.385. The molecule has 3 heterocycles. The molecule has 178 valence electrons. The van der Waals surface area contributed by atoms with Gasteiger partial charge in [-0.25, -0.2) is 4.79 Å². The van der Waals surface area contributed by atoms with Gasteiger partial charge < -0.3 is 19.1 Å². The number of carboxylic acid groups (broad SMARTS) is 1. The molecule has 2 aromatic heterocycles. The topological polar surface area (TPSA) is 77.8 Å². The van der Waals surface area contributed by atoms with Gasteiger partial charge in [0.05, 0.1) is 12.3 Å². The molecule has 5 rings (SSSR count). The Kier molecular flexibility index (Phi) is 6.31. The molecule has 1 aliphatic heterocycles. The highest BCUT2D eigenvalue weighted by Crippen LogP contribution is 2.53. The van der Waals surface area contributed by atoms with Crippen LogP contribution >= 0.6 is 23.1 Å². The normalized spacial score (nSPS) is 16.7. The predicted octanol–water partition coefficient (Wildman–Crippen LogP) is 6.17. The molecular formula is C26H27NO5S2. The Balaban J connectivity index is 1.71. The molecule has 2 aliphatic rings. The highest BCUT2D eigenvalue weighted by molar-refractivity contribution is 7.99. The minimum absolute atomic E-state index is 0.0161. The number of hydrogen-bond acceptors (Lipinski definition) is 6. The van der Waals surface area contributed by atoms with Gasteiger partial charge in [0, 0.05) is 57.2 Å². The molecule has 0 spiro atoms. The maximum atomic E-state index is 13.2. The quantitative estimate of drug-likeness (QED) is 0.375. The van der Waals surface area contributed by atoms with Gasteiger partial charge in [-0.3, -0.25) is 4.79 Å². The molecule has 1 aliphatic carbocycles. The van der Waals surface area contributed by atoms with Crippen molar-refractivity contribution in [1.29, 1.82) is 0 Å². The molecule has 1 fully saturated rings. The summed E-state index contributed by atoms with van der Waals surface area (Å²) in [4.78, 5) is 28.5. The first kappa shape index (κ1) is 23.2.